The van der Waals surface area contributed by atoms with Gasteiger partial charge in [0.25, 0.3) is 0 Å². The van der Waals surface area contributed by atoms with Gasteiger partial charge in [-0.2, -0.15) is 0 Å². The van der Waals surface area contributed by atoms with Crippen LogP contribution < -0.4 is 10.6 Å². The van der Waals surface area contributed by atoms with E-state index in [9.17, 15) is 4.79 Å². The molecule has 17 heavy (non-hydrogen) atoms. The third-order valence-corrected chi connectivity index (χ3v) is 4.11. The van der Waals surface area contributed by atoms with Gasteiger partial charge in [-0.25, -0.2) is 0 Å². The first-order chi connectivity index (χ1) is 8.20. The van der Waals surface area contributed by atoms with Crippen molar-refractivity contribution in [1.29, 1.82) is 0 Å². The highest BCUT2D eigenvalue weighted by atomic mass is 16.5. The van der Waals surface area contributed by atoms with Gasteiger partial charge in [0.15, 0.2) is 0 Å². The number of amides is 1. The number of hydrogen-bond acceptors (Lipinski definition) is 3. The maximum Gasteiger partial charge on any atom is 0.240 e. The van der Waals surface area contributed by atoms with Gasteiger partial charge >= 0.3 is 0 Å². The van der Waals surface area contributed by atoms with E-state index in [1.165, 1.54) is 0 Å². The minimum atomic E-state index is -0.295. The van der Waals surface area contributed by atoms with Crippen LogP contribution in [-0.4, -0.2) is 36.7 Å². The summed E-state index contributed by atoms with van der Waals surface area (Å²) >= 11 is 0. The number of ether oxygens (including phenoxy) is 1. The molecule has 98 valence electrons. The molecule has 2 fully saturated rings. The van der Waals surface area contributed by atoms with E-state index in [4.69, 9.17) is 4.74 Å². The summed E-state index contributed by atoms with van der Waals surface area (Å²) in [7, 11) is 0. The molecule has 0 spiro atoms. The van der Waals surface area contributed by atoms with Gasteiger partial charge in [0, 0.05) is 12.6 Å². The van der Waals surface area contributed by atoms with Crippen molar-refractivity contribution in [3.63, 3.8) is 0 Å². The second-order valence-corrected chi connectivity index (χ2v) is 5.19. The average Bonchev–Trinajstić information content (AvgIpc) is 2.76. The van der Waals surface area contributed by atoms with Gasteiger partial charge in [0.2, 0.25) is 5.91 Å². The second-order valence-electron chi connectivity index (χ2n) is 5.19. The molecule has 0 aromatic heterocycles. The molecular formula is C13H24N2O2. The van der Waals surface area contributed by atoms with Crippen LogP contribution in [0.5, 0.6) is 0 Å². The zero-order valence-electron chi connectivity index (χ0n) is 10.9. The van der Waals surface area contributed by atoms with Crippen molar-refractivity contribution in [2.24, 2.45) is 0 Å². The monoisotopic (exact) mass is 240 g/mol. The molecule has 1 atom stereocenters. The van der Waals surface area contributed by atoms with Crippen LogP contribution in [0.25, 0.3) is 0 Å². The van der Waals surface area contributed by atoms with Crippen LogP contribution in [0, 0.1) is 0 Å². The van der Waals surface area contributed by atoms with Gasteiger partial charge in [-0.15, -0.1) is 0 Å². The van der Waals surface area contributed by atoms with E-state index in [0.717, 1.165) is 45.3 Å². The van der Waals surface area contributed by atoms with E-state index in [0.29, 0.717) is 12.1 Å². The summed E-state index contributed by atoms with van der Waals surface area (Å²) in [4.78, 5) is 12.3. The van der Waals surface area contributed by atoms with E-state index < -0.39 is 0 Å². The molecule has 1 amide bonds. The zero-order chi connectivity index (χ0) is 12.3. The fourth-order valence-corrected chi connectivity index (χ4v) is 2.84. The van der Waals surface area contributed by atoms with Gasteiger partial charge in [0.1, 0.15) is 0 Å². The molecule has 1 saturated carbocycles. The summed E-state index contributed by atoms with van der Waals surface area (Å²) in [5.41, 5.74) is -0.295. The Morgan fingerprint density at radius 1 is 1.47 bits per heavy atom. The van der Waals surface area contributed by atoms with Crippen molar-refractivity contribution in [3.05, 3.63) is 0 Å². The Morgan fingerprint density at radius 2 is 2.24 bits per heavy atom. The minimum Gasteiger partial charge on any atom is -0.378 e. The van der Waals surface area contributed by atoms with Crippen molar-refractivity contribution in [1.82, 2.24) is 10.6 Å². The van der Waals surface area contributed by atoms with Crippen LogP contribution in [0.15, 0.2) is 0 Å². The van der Waals surface area contributed by atoms with Gasteiger partial charge in [0.05, 0.1) is 11.6 Å². The van der Waals surface area contributed by atoms with Crippen molar-refractivity contribution in [2.45, 2.75) is 63.6 Å². The first-order valence-corrected chi connectivity index (χ1v) is 6.88. The fourth-order valence-electron chi connectivity index (χ4n) is 2.84. The molecule has 4 heteroatoms. The van der Waals surface area contributed by atoms with E-state index in [1.54, 1.807) is 0 Å². The number of rotatable bonds is 5. The maximum absolute atomic E-state index is 12.3. The van der Waals surface area contributed by atoms with E-state index in [1.807, 2.05) is 6.92 Å². The predicted octanol–water partition coefficient (Wildman–Crippen LogP) is 1.20. The molecule has 1 unspecified atom stereocenters. The number of carbonyl (C=O) groups is 1. The van der Waals surface area contributed by atoms with Gasteiger partial charge in [-0.1, -0.05) is 6.92 Å². The molecule has 2 aliphatic rings. The third kappa shape index (κ3) is 2.63. The number of carbonyl (C=O) groups excluding carboxylic acids is 1. The van der Waals surface area contributed by atoms with Crippen molar-refractivity contribution < 1.29 is 9.53 Å². The second kappa shape index (κ2) is 5.36. The first kappa shape index (κ1) is 12.8. The zero-order valence-corrected chi connectivity index (χ0v) is 10.9. The van der Waals surface area contributed by atoms with Crippen LogP contribution >= 0.6 is 0 Å². The number of hydrogen-bond donors (Lipinski definition) is 2. The summed E-state index contributed by atoms with van der Waals surface area (Å²) < 4.78 is 5.50. The van der Waals surface area contributed by atoms with Crippen LogP contribution in [0.3, 0.4) is 0 Å². The lowest BCUT2D eigenvalue weighted by Crippen LogP contribution is -2.58. The fraction of sp³-hybridized carbons (Fsp3) is 0.923. The molecule has 1 aliphatic carbocycles. The van der Waals surface area contributed by atoms with Gasteiger partial charge in [-0.05, 0) is 45.6 Å². The Bertz CT molecular complexity index is 269. The van der Waals surface area contributed by atoms with Crippen LogP contribution in [0.1, 0.15) is 46.0 Å². The molecular weight excluding hydrogens is 216 g/mol. The Kier molecular flexibility index (Phi) is 4.05. The van der Waals surface area contributed by atoms with Crippen LogP contribution in [-0.2, 0) is 9.53 Å². The third-order valence-electron chi connectivity index (χ3n) is 4.11. The van der Waals surface area contributed by atoms with Crippen molar-refractivity contribution >= 4 is 5.91 Å². The molecule has 1 saturated heterocycles. The maximum atomic E-state index is 12.3. The lowest BCUT2D eigenvalue weighted by atomic mass is 9.87. The van der Waals surface area contributed by atoms with Crippen LogP contribution in [0.2, 0.25) is 0 Å². The molecule has 1 heterocycles. The summed E-state index contributed by atoms with van der Waals surface area (Å²) in [6, 6.07) is 0.324. The summed E-state index contributed by atoms with van der Waals surface area (Å²) in [5, 5.41) is 6.52. The van der Waals surface area contributed by atoms with Crippen molar-refractivity contribution in [3.8, 4) is 0 Å². The standard InChI is InChI=1S/C13H24N2O2/c1-3-13(6-5-7-14-13)12(16)15-10-8-11(9-10)17-4-2/h10-11,14H,3-9H2,1-2H3,(H,15,16). The summed E-state index contributed by atoms with van der Waals surface area (Å²) in [6.45, 7) is 5.83. The topological polar surface area (TPSA) is 50.4 Å². The lowest BCUT2D eigenvalue weighted by molar-refractivity contribution is -0.129. The molecule has 1 aliphatic heterocycles. The van der Waals surface area contributed by atoms with E-state index in [2.05, 4.69) is 17.6 Å². The molecule has 0 aromatic rings. The highest BCUT2D eigenvalue weighted by Crippen LogP contribution is 2.27. The molecule has 2 N–H and O–H groups in total. The average molecular weight is 240 g/mol. The lowest BCUT2D eigenvalue weighted by Gasteiger charge is -2.38. The van der Waals surface area contributed by atoms with E-state index >= 15 is 0 Å². The molecule has 0 radical (unpaired) electrons. The van der Waals surface area contributed by atoms with E-state index in [-0.39, 0.29) is 11.4 Å². The smallest absolute Gasteiger partial charge is 0.240 e. The molecule has 4 nitrogen and oxygen atoms in total. The number of nitrogens with one attached hydrogen (secondary N) is 2. The Morgan fingerprint density at radius 3 is 2.76 bits per heavy atom. The van der Waals surface area contributed by atoms with Crippen LogP contribution in [0.4, 0.5) is 0 Å². The van der Waals surface area contributed by atoms with Crippen molar-refractivity contribution in [2.75, 3.05) is 13.2 Å². The van der Waals surface area contributed by atoms with Gasteiger partial charge in [-0.3, -0.25) is 4.79 Å². The highest BCUT2D eigenvalue weighted by molar-refractivity contribution is 5.87. The SMILES string of the molecule is CCOC1CC(NC(=O)C2(CC)CCCN2)C1. The normalized spacial score (nSPS) is 36.6. The first-order valence-electron chi connectivity index (χ1n) is 6.88. The minimum absolute atomic E-state index is 0.192. The quantitative estimate of drug-likeness (QED) is 0.759. The van der Waals surface area contributed by atoms with Gasteiger partial charge < -0.3 is 15.4 Å². The molecule has 0 bridgehead atoms. The summed E-state index contributed by atoms with van der Waals surface area (Å²) in [5.74, 6) is 0.192. The molecule has 2 rings (SSSR count). The highest BCUT2D eigenvalue weighted by Gasteiger charge is 2.41. The Labute approximate surface area is 103 Å². The molecule has 0 aromatic carbocycles. The predicted molar refractivity (Wildman–Crippen MR) is 66.8 cm³/mol. The Balaban J connectivity index is 1.78. The largest absolute Gasteiger partial charge is 0.378 e. The Hall–Kier alpha value is -0.610. The summed E-state index contributed by atoms with van der Waals surface area (Å²) in [6.07, 6.45) is 5.25.